The molecule has 0 spiro atoms. The van der Waals surface area contributed by atoms with Gasteiger partial charge in [-0.3, -0.25) is 0 Å². The highest BCUT2D eigenvalue weighted by molar-refractivity contribution is 6.74. The van der Waals surface area contributed by atoms with Gasteiger partial charge in [0.2, 0.25) is 0 Å². The molecule has 24 heavy (non-hydrogen) atoms. The predicted octanol–water partition coefficient (Wildman–Crippen LogP) is 4.80. The molecule has 0 amide bonds. The Hall–Kier alpha value is -0.493. The monoisotopic (exact) mass is 358 g/mol. The molecule has 0 unspecified atom stereocenters. The van der Waals surface area contributed by atoms with Crippen LogP contribution in [-0.2, 0) is 18.7 Å². The normalized spacial score (nSPS) is 17.5. The van der Waals surface area contributed by atoms with E-state index in [1.807, 2.05) is 6.92 Å². The maximum atomic E-state index is 11.4. The van der Waals surface area contributed by atoms with Crippen molar-refractivity contribution in [1.29, 1.82) is 0 Å². The molecular weight excluding hydrogens is 320 g/mol. The molecule has 0 aromatic heterocycles. The van der Waals surface area contributed by atoms with Crippen LogP contribution < -0.4 is 0 Å². The third-order valence-electron chi connectivity index (χ3n) is 4.93. The van der Waals surface area contributed by atoms with E-state index in [2.05, 4.69) is 53.8 Å². The van der Waals surface area contributed by atoms with Crippen molar-refractivity contribution in [2.75, 3.05) is 20.5 Å². The van der Waals surface area contributed by atoms with Crippen LogP contribution >= 0.6 is 0 Å². The molecule has 3 atom stereocenters. The molecule has 0 aliphatic heterocycles. The summed E-state index contributed by atoms with van der Waals surface area (Å²) in [4.78, 5) is 11.4. The molecule has 4 nitrogen and oxygen atoms in total. The minimum atomic E-state index is -1.92. The van der Waals surface area contributed by atoms with E-state index < -0.39 is 8.32 Å². The van der Waals surface area contributed by atoms with Gasteiger partial charge in [0.25, 0.3) is 0 Å². The van der Waals surface area contributed by atoms with Crippen molar-refractivity contribution in [1.82, 2.24) is 0 Å². The van der Waals surface area contributed by atoms with Crippen molar-refractivity contribution < 1.29 is 18.7 Å². The lowest BCUT2D eigenvalue weighted by Crippen LogP contribution is -2.47. The van der Waals surface area contributed by atoms with E-state index in [1.54, 1.807) is 7.11 Å². The molecular formula is C19H38O4Si. The minimum Gasteiger partial charge on any atom is -0.413 e. The van der Waals surface area contributed by atoms with Gasteiger partial charge in [0, 0.05) is 13.0 Å². The van der Waals surface area contributed by atoms with Crippen LogP contribution in [0, 0.1) is 11.8 Å². The molecule has 0 N–H and O–H groups in total. The molecule has 0 aliphatic rings. The van der Waals surface area contributed by atoms with Gasteiger partial charge < -0.3 is 18.7 Å². The first-order chi connectivity index (χ1) is 11.0. The summed E-state index contributed by atoms with van der Waals surface area (Å²) in [7, 11) is -0.303. The van der Waals surface area contributed by atoms with Crippen LogP contribution in [0.3, 0.4) is 0 Å². The highest BCUT2D eigenvalue weighted by Gasteiger charge is 2.41. The standard InChI is InChI=1S/C19H38O4Si/c1-15(10-11-22-14-21-7)12-16(2)18(17(3)13-20)23-24(8,9)19(4,5)6/h10,13,16-18H,11-12,14H2,1-9H3/b15-10+/t16-,17+,18+/m0/s1. The SMILES string of the molecule is COCOC/C=C(\C)C[C@H](C)[C@@H](O[Si](C)(C)C(C)(C)C)[C@H](C)C=O. The van der Waals surface area contributed by atoms with E-state index in [0.717, 1.165) is 12.7 Å². The van der Waals surface area contributed by atoms with Gasteiger partial charge in [-0.15, -0.1) is 0 Å². The summed E-state index contributed by atoms with van der Waals surface area (Å²) >= 11 is 0. The number of carbonyl (C=O) groups is 1. The smallest absolute Gasteiger partial charge is 0.192 e. The third-order valence-corrected chi connectivity index (χ3v) is 9.40. The fourth-order valence-corrected chi connectivity index (χ4v) is 3.86. The Kier molecular flexibility index (Phi) is 10.3. The highest BCUT2D eigenvalue weighted by atomic mass is 28.4. The van der Waals surface area contributed by atoms with E-state index in [4.69, 9.17) is 13.9 Å². The maximum absolute atomic E-state index is 11.4. The van der Waals surface area contributed by atoms with Crippen LogP contribution in [0.5, 0.6) is 0 Å². The second-order valence-corrected chi connectivity index (χ2v) is 13.1. The number of carbonyl (C=O) groups excluding carboxylic acids is 1. The average Bonchev–Trinajstić information content (AvgIpc) is 2.47. The van der Waals surface area contributed by atoms with E-state index >= 15 is 0 Å². The largest absolute Gasteiger partial charge is 0.413 e. The number of aldehydes is 1. The summed E-state index contributed by atoms with van der Waals surface area (Å²) < 4.78 is 16.8. The van der Waals surface area contributed by atoms with Crippen molar-refractivity contribution >= 4 is 14.6 Å². The zero-order valence-corrected chi connectivity index (χ0v) is 18.1. The topological polar surface area (TPSA) is 44.8 Å². The number of allylic oxidation sites excluding steroid dienone is 1. The molecule has 0 radical (unpaired) electrons. The van der Waals surface area contributed by atoms with Gasteiger partial charge >= 0.3 is 0 Å². The number of ether oxygens (including phenoxy) is 2. The zero-order valence-electron chi connectivity index (χ0n) is 17.1. The van der Waals surface area contributed by atoms with Crippen molar-refractivity contribution in [3.63, 3.8) is 0 Å². The lowest BCUT2D eigenvalue weighted by atomic mass is 9.89. The Bertz CT molecular complexity index is 399. The van der Waals surface area contributed by atoms with E-state index in [9.17, 15) is 4.79 Å². The molecule has 0 heterocycles. The Morgan fingerprint density at radius 3 is 2.25 bits per heavy atom. The summed E-state index contributed by atoms with van der Waals surface area (Å²) in [5.41, 5.74) is 1.25. The molecule has 0 aliphatic carbocycles. The van der Waals surface area contributed by atoms with Crippen molar-refractivity contribution in [2.45, 2.75) is 72.2 Å². The van der Waals surface area contributed by atoms with E-state index in [-0.39, 0.29) is 23.0 Å². The Morgan fingerprint density at radius 1 is 1.21 bits per heavy atom. The number of methoxy groups -OCH3 is 1. The third kappa shape index (κ3) is 8.06. The van der Waals surface area contributed by atoms with Gasteiger partial charge in [-0.05, 0) is 37.4 Å². The van der Waals surface area contributed by atoms with Crippen molar-refractivity contribution in [3.05, 3.63) is 11.6 Å². The van der Waals surface area contributed by atoms with Crippen LogP contribution in [0.4, 0.5) is 0 Å². The molecule has 0 rings (SSSR count). The first-order valence-electron chi connectivity index (χ1n) is 8.81. The highest BCUT2D eigenvalue weighted by Crippen LogP contribution is 2.39. The lowest BCUT2D eigenvalue weighted by molar-refractivity contribution is -0.114. The van der Waals surface area contributed by atoms with Crippen LogP contribution in [0.15, 0.2) is 11.6 Å². The van der Waals surface area contributed by atoms with Crippen molar-refractivity contribution in [3.8, 4) is 0 Å². The van der Waals surface area contributed by atoms with Gasteiger partial charge in [0.1, 0.15) is 13.1 Å². The minimum absolute atomic E-state index is 0.0494. The summed E-state index contributed by atoms with van der Waals surface area (Å²) in [5.74, 6) is 0.171. The summed E-state index contributed by atoms with van der Waals surface area (Å²) in [5, 5.41) is 0.131. The molecule has 0 saturated heterocycles. The maximum Gasteiger partial charge on any atom is 0.192 e. The fourth-order valence-electron chi connectivity index (χ4n) is 2.38. The predicted molar refractivity (Wildman–Crippen MR) is 103 cm³/mol. The Labute approximate surface area is 150 Å². The Balaban J connectivity index is 4.96. The van der Waals surface area contributed by atoms with Crippen LogP contribution in [0.25, 0.3) is 0 Å². The molecule has 0 bridgehead atoms. The second-order valence-electron chi connectivity index (χ2n) is 8.35. The van der Waals surface area contributed by atoms with Gasteiger partial charge in [-0.25, -0.2) is 0 Å². The zero-order chi connectivity index (χ0) is 19.0. The number of hydrogen-bond acceptors (Lipinski definition) is 4. The second kappa shape index (κ2) is 10.5. The molecule has 0 saturated carbocycles. The first kappa shape index (κ1) is 23.5. The lowest BCUT2D eigenvalue weighted by Gasteiger charge is -2.42. The molecule has 5 heteroatoms. The molecule has 0 aromatic rings. The Morgan fingerprint density at radius 2 is 1.79 bits per heavy atom. The number of rotatable bonds is 11. The molecule has 142 valence electrons. The van der Waals surface area contributed by atoms with Crippen LogP contribution in [0.1, 0.15) is 48.0 Å². The van der Waals surface area contributed by atoms with Crippen molar-refractivity contribution in [2.24, 2.45) is 11.8 Å². The fraction of sp³-hybridized carbons (Fsp3) is 0.842. The summed E-state index contributed by atoms with van der Waals surface area (Å²) in [6.45, 7) is 18.2. The van der Waals surface area contributed by atoms with Crippen LogP contribution in [-0.4, -0.2) is 41.2 Å². The van der Waals surface area contributed by atoms with Gasteiger partial charge in [0.05, 0.1) is 12.7 Å². The van der Waals surface area contributed by atoms with E-state index in [0.29, 0.717) is 13.4 Å². The molecule has 0 fully saturated rings. The van der Waals surface area contributed by atoms with E-state index in [1.165, 1.54) is 5.57 Å². The average molecular weight is 359 g/mol. The van der Waals surface area contributed by atoms with Gasteiger partial charge in [-0.1, -0.05) is 46.3 Å². The summed E-state index contributed by atoms with van der Waals surface area (Å²) in [6.07, 6.45) is 3.94. The quantitative estimate of drug-likeness (QED) is 0.175. The first-order valence-corrected chi connectivity index (χ1v) is 11.7. The number of hydrogen-bond donors (Lipinski definition) is 0. The summed E-state index contributed by atoms with van der Waals surface area (Å²) in [6, 6.07) is 0. The van der Waals surface area contributed by atoms with Crippen LogP contribution in [0.2, 0.25) is 18.1 Å². The molecule has 0 aromatic carbocycles. The van der Waals surface area contributed by atoms with Gasteiger partial charge in [0.15, 0.2) is 8.32 Å². The van der Waals surface area contributed by atoms with Gasteiger partial charge in [-0.2, -0.15) is 0 Å².